The van der Waals surface area contributed by atoms with Crippen LogP contribution < -0.4 is 5.32 Å². The average molecular weight is 386 g/mol. The van der Waals surface area contributed by atoms with Gasteiger partial charge in [-0.15, -0.1) is 0 Å². The first-order valence-electron chi connectivity index (χ1n) is 7.86. The number of hydrogen-bond acceptors (Lipinski definition) is 7. The molecular formula is C17H20ClNO7. The molecule has 0 aromatic heterocycles. The summed E-state index contributed by atoms with van der Waals surface area (Å²) < 4.78 is 14.4. The van der Waals surface area contributed by atoms with Gasteiger partial charge in [0.1, 0.15) is 5.76 Å². The standard InChI is InChI=1S/C17H20ClNO7/c1-4-24-15(21)13(16(22)25-5-2)14(20)11-8-7-10(18)9-12(11)19-17(23)26-6-3/h7-9,20H,4-6H2,1-3H3,(H,19,23). The Balaban J connectivity index is 3.46. The number of benzene rings is 1. The highest BCUT2D eigenvalue weighted by atomic mass is 35.5. The monoisotopic (exact) mass is 385 g/mol. The Labute approximate surface area is 155 Å². The number of ether oxygens (including phenoxy) is 3. The van der Waals surface area contributed by atoms with Gasteiger partial charge in [0.05, 0.1) is 25.5 Å². The molecule has 0 fully saturated rings. The number of aliphatic hydroxyl groups is 1. The van der Waals surface area contributed by atoms with E-state index in [0.29, 0.717) is 0 Å². The van der Waals surface area contributed by atoms with Gasteiger partial charge in [-0.2, -0.15) is 0 Å². The Kier molecular flexibility index (Phi) is 8.44. The lowest BCUT2D eigenvalue weighted by atomic mass is 10.1. The maximum absolute atomic E-state index is 12.1. The highest BCUT2D eigenvalue weighted by molar-refractivity contribution is 6.31. The number of nitrogens with one attached hydrogen (secondary N) is 1. The van der Waals surface area contributed by atoms with E-state index in [1.807, 2.05) is 0 Å². The molecular weight excluding hydrogens is 366 g/mol. The third-order valence-electron chi connectivity index (χ3n) is 2.94. The minimum absolute atomic E-state index is 0.0103. The van der Waals surface area contributed by atoms with Crippen molar-refractivity contribution in [3.8, 4) is 0 Å². The molecule has 2 N–H and O–H groups in total. The van der Waals surface area contributed by atoms with Crippen LogP contribution in [0, 0.1) is 0 Å². The summed E-state index contributed by atoms with van der Waals surface area (Å²) in [5.74, 6) is -2.83. The maximum atomic E-state index is 12.1. The number of amides is 1. The van der Waals surface area contributed by atoms with Gasteiger partial charge in [-0.05, 0) is 39.0 Å². The Hall–Kier alpha value is -2.74. The lowest BCUT2D eigenvalue weighted by Crippen LogP contribution is -2.21. The number of carbonyl (C=O) groups excluding carboxylic acids is 3. The first kappa shape index (κ1) is 21.3. The van der Waals surface area contributed by atoms with Crippen LogP contribution in [-0.4, -0.2) is 43.0 Å². The Bertz CT molecular complexity index is 695. The van der Waals surface area contributed by atoms with E-state index in [-0.39, 0.29) is 36.1 Å². The summed E-state index contributed by atoms with van der Waals surface area (Å²) in [5.41, 5.74) is -0.680. The van der Waals surface area contributed by atoms with E-state index in [2.05, 4.69) is 5.32 Å². The van der Waals surface area contributed by atoms with Crippen molar-refractivity contribution in [1.82, 2.24) is 0 Å². The third kappa shape index (κ3) is 5.66. The molecule has 0 unspecified atom stereocenters. The Morgan fingerprint density at radius 3 is 2.04 bits per heavy atom. The van der Waals surface area contributed by atoms with E-state index in [1.165, 1.54) is 18.2 Å². The summed E-state index contributed by atoms with van der Waals surface area (Å²) in [6, 6.07) is 4.08. The van der Waals surface area contributed by atoms with Crippen LogP contribution in [0.25, 0.3) is 5.76 Å². The molecule has 0 saturated carbocycles. The van der Waals surface area contributed by atoms with Crippen molar-refractivity contribution < 1.29 is 33.7 Å². The zero-order valence-electron chi connectivity index (χ0n) is 14.6. The molecule has 1 aromatic carbocycles. The second-order valence-corrected chi connectivity index (χ2v) is 5.14. The zero-order chi connectivity index (χ0) is 19.7. The number of carbonyl (C=O) groups is 3. The lowest BCUT2D eigenvalue weighted by molar-refractivity contribution is -0.146. The van der Waals surface area contributed by atoms with Crippen LogP contribution in [0.5, 0.6) is 0 Å². The molecule has 26 heavy (non-hydrogen) atoms. The number of halogens is 1. The average Bonchev–Trinajstić information content (AvgIpc) is 2.55. The molecule has 0 heterocycles. The summed E-state index contributed by atoms with van der Waals surface area (Å²) >= 11 is 5.91. The summed E-state index contributed by atoms with van der Waals surface area (Å²) in [7, 11) is 0. The molecule has 0 bridgehead atoms. The maximum Gasteiger partial charge on any atom is 0.411 e. The van der Waals surface area contributed by atoms with Gasteiger partial charge in [0, 0.05) is 10.6 Å². The first-order chi connectivity index (χ1) is 12.3. The van der Waals surface area contributed by atoms with Gasteiger partial charge in [0.2, 0.25) is 0 Å². The lowest BCUT2D eigenvalue weighted by Gasteiger charge is -2.14. The van der Waals surface area contributed by atoms with E-state index >= 15 is 0 Å². The summed E-state index contributed by atoms with van der Waals surface area (Å²) in [4.78, 5) is 35.9. The SMILES string of the molecule is CCOC(=O)Nc1cc(Cl)ccc1C(O)=C(C(=O)OCC)C(=O)OCC. The van der Waals surface area contributed by atoms with E-state index in [9.17, 15) is 19.5 Å². The second kappa shape index (κ2) is 10.3. The van der Waals surface area contributed by atoms with Crippen molar-refractivity contribution >= 4 is 41.1 Å². The molecule has 0 saturated heterocycles. The predicted octanol–water partition coefficient (Wildman–Crippen LogP) is 3.30. The van der Waals surface area contributed by atoms with Gasteiger partial charge in [-0.3, -0.25) is 5.32 Å². The molecule has 1 rings (SSSR count). The van der Waals surface area contributed by atoms with Gasteiger partial charge >= 0.3 is 18.0 Å². The van der Waals surface area contributed by atoms with E-state index in [0.717, 1.165) is 0 Å². The molecule has 8 nitrogen and oxygen atoms in total. The van der Waals surface area contributed by atoms with Crippen molar-refractivity contribution in [3.05, 3.63) is 34.4 Å². The van der Waals surface area contributed by atoms with Crippen LogP contribution in [0.3, 0.4) is 0 Å². The Morgan fingerprint density at radius 2 is 1.54 bits per heavy atom. The molecule has 142 valence electrons. The predicted molar refractivity (Wildman–Crippen MR) is 94.9 cm³/mol. The molecule has 0 spiro atoms. The third-order valence-corrected chi connectivity index (χ3v) is 3.18. The zero-order valence-corrected chi connectivity index (χ0v) is 15.4. The van der Waals surface area contributed by atoms with Gasteiger partial charge in [0.25, 0.3) is 0 Å². The van der Waals surface area contributed by atoms with Crippen LogP contribution >= 0.6 is 11.6 Å². The molecule has 9 heteroatoms. The van der Waals surface area contributed by atoms with Gasteiger partial charge < -0.3 is 19.3 Å². The van der Waals surface area contributed by atoms with Gasteiger partial charge in [-0.25, -0.2) is 14.4 Å². The summed E-state index contributed by atoms with van der Waals surface area (Å²) in [5, 5.41) is 13.2. The number of anilines is 1. The number of aliphatic hydroxyl groups excluding tert-OH is 1. The number of hydrogen-bond donors (Lipinski definition) is 2. The highest BCUT2D eigenvalue weighted by Gasteiger charge is 2.28. The van der Waals surface area contributed by atoms with Crippen molar-refractivity contribution in [2.45, 2.75) is 20.8 Å². The van der Waals surface area contributed by atoms with Gasteiger partial charge in [0.15, 0.2) is 5.57 Å². The Morgan fingerprint density at radius 1 is 1.00 bits per heavy atom. The first-order valence-corrected chi connectivity index (χ1v) is 8.24. The molecule has 0 atom stereocenters. The van der Waals surface area contributed by atoms with E-state index in [4.69, 9.17) is 25.8 Å². The van der Waals surface area contributed by atoms with Crippen LogP contribution in [0.2, 0.25) is 5.02 Å². The van der Waals surface area contributed by atoms with Crippen molar-refractivity contribution in [3.63, 3.8) is 0 Å². The molecule has 0 aliphatic rings. The van der Waals surface area contributed by atoms with Crippen molar-refractivity contribution in [2.24, 2.45) is 0 Å². The highest BCUT2D eigenvalue weighted by Crippen LogP contribution is 2.29. The van der Waals surface area contributed by atoms with Crippen LogP contribution in [0.1, 0.15) is 26.3 Å². The van der Waals surface area contributed by atoms with Crippen LogP contribution in [-0.2, 0) is 23.8 Å². The van der Waals surface area contributed by atoms with Crippen molar-refractivity contribution in [2.75, 3.05) is 25.1 Å². The minimum atomic E-state index is -1.06. The second-order valence-electron chi connectivity index (χ2n) is 4.70. The largest absolute Gasteiger partial charge is 0.506 e. The van der Waals surface area contributed by atoms with Crippen LogP contribution in [0.4, 0.5) is 10.5 Å². The van der Waals surface area contributed by atoms with Crippen LogP contribution in [0.15, 0.2) is 23.8 Å². The van der Waals surface area contributed by atoms with E-state index < -0.39 is 29.4 Å². The smallest absolute Gasteiger partial charge is 0.411 e. The normalized spacial score (nSPS) is 9.85. The molecule has 1 aromatic rings. The fourth-order valence-corrected chi connectivity index (χ4v) is 2.09. The number of rotatable bonds is 7. The topological polar surface area (TPSA) is 111 Å². The quantitative estimate of drug-likeness (QED) is 0.185. The molecule has 0 aliphatic carbocycles. The van der Waals surface area contributed by atoms with Gasteiger partial charge in [-0.1, -0.05) is 11.6 Å². The fraction of sp³-hybridized carbons (Fsp3) is 0.353. The van der Waals surface area contributed by atoms with E-state index in [1.54, 1.807) is 20.8 Å². The molecule has 1 amide bonds. The fourth-order valence-electron chi connectivity index (χ4n) is 1.92. The summed E-state index contributed by atoms with van der Waals surface area (Å²) in [6.45, 7) is 4.82. The van der Waals surface area contributed by atoms with Crippen molar-refractivity contribution in [1.29, 1.82) is 0 Å². The molecule has 0 radical (unpaired) electrons. The molecule has 0 aliphatic heterocycles. The minimum Gasteiger partial charge on any atom is -0.506 e. The number of esters is 2. The summed E-state index contributed by atoms with van der Waals surface area (Å²) in [6.07, 6.45) is -0.794.